The van der Waals surface area contributed by atoms with Gasteiger partial charge in [-0.1, -0.05) is 19.1 Å². The second-order valence-corrected chi connectivity index (χ2v) is 5.92. The lowest BCUT2D eigenvalue weighted by Gasteiger charge is -2.28. The molecule has 0 aliphatic carbocycles. The molecule has 26 heavy (non-hydrogen) atoms. The van der Waals surface area contributed by atoms with Gasteiger partial charge in [-0.25, -0.2) is 8.78 Å². The van der Waals surface area contributed by atoms with Crippen molar-refractivity contribution in [1.29, 1.82) is 0 Å². The van der Waals surface area contributed by atoms with E-state index in [1.807, 2.05) is 0 Å². The number of ether oxygens (including phenoxy) is 1. The number of para-hydroxylation sites is 1. The molecule has 0 fully saturated rings. The number of carbonyl (C=O) groups excluding carboxylic acids is 2. The first-order valence-corrected chi connectivity index (χ1v) is 8.31. The highest BCUT2D eigenvalue weighted by atomic mass is 19.2. The van der Waals surface area contributed by atoms with Crippen LogP contribution in [0.3, 0.4) is 0 Å². The van der Waals surface area contributed by atoms with E-state index in [0.717, 1.165) is 17.7 Å². The van der Waals surface area contributed by atoms with Crippen molar-refractivity contribution in [3.63, 3.8) is 0 Å². The summed E-state index contributed by atoms with van der Waals surface area (Å²) in [6.45, 7) is 2.12. The van der Waals surface area contributed by atoms with Gasteiger partial charge in [0, 0.05) is 30.2 Å². The number of rotatable bonds is 4. The average Bonchev–Trinajstić information content (AvgIpc) is 2.64. The molecule has 7 heteroatoms. The predicted molar refractivity (Wildman–Crippen MR) is 92.0 cm³/mol. The SMILES string of the molecule is CCC(=O)NC1CCOc2c(C(=O)Nc3ccc(F)c(F)c3)cccc21. The van der Waals surface area contributed by atoms with Gasteiger partial charge in [-0.3, -0.25) is 9.59 Å². The van der Waals surface area contributed by atoms with Crippen LogP contribution in [0, 0.1) is 11.6 Å². The molecule has 1 heterocycles. The van der Waals surface area contributed by atoms with E-state index in [1.165, 1.54) is 6.07 Å². The molecule has 1 aliphatic rings. The van der Waals surface area contributed by atoms with E-state index in [1.54, 1.807) is 25.1 Å². The lowest BCUT2D eigenvalue weighted by molar-refractivity contribution is -0.121. The van der Waals surface area contributed by atoms with E-state index < -0.39 is 17.5 Å². The van der Waals surface area contributed by atoms with Gasteiger partial charge < -0.3 is 15.4 Å². The van der Waals surface area contributed by atoms with Crippen LogP contribution in [-0.2, 0) is 4.79 Å². The molecule has 0 radical (unpaired) electrons. The van der Waals surface area contributed by atoms with Gasteiger partial charge >= 0.3 is 0 Å². The third kappa shape index (κ3) is 3.66. The van der Waals surface area contributed by atoms with Crippen LogP contribution in [0.2, 0.25) is 0 Å². The predicted octanol–water partition coefficient (Wildman–Crippen LogP) is 3.57. The monoisotopic (exact) mass is 360 g/mol. The maximum absolute atomic E-state index is 13.3. The number of carbonyl (C=O) groups is 2. The van der Waals surface area contributed by atoms with Crippen LogP contribution in [0.25, 0.3) is 0 Å². The molecule has 1 aliphatic heterocycles. The van der Waals surface area contributed by atoms with Gasteiger partial charge in [0.15, 0.2) is 11.6 Å². The Morgan fingerprint density at radius 1 is 1.19 bits per heavy atom. The minimum atomic E-state index is -1.04. The molecule has 1 unspecified atom stereocenters. The fraction of sp³-hybridized carbons (Fsp3) is 0.263. The average molecular weight is 360 g/mol. The standard InChI is InChI=1S/C19H18F2N2O3/c1-2-17(24)23-16-8-9-26-18-12(16)4-3-5-13(18)19(25)22-11-6-7-14(20)15(21)10-11/h3-7,10,16H,2,8-9H2,1H3,(H,22,25)(H,23,24). The van der Waals surface area contributed by atoms with Crippen LogP contribution in [0.1, 0.15) is 41.7 Å². The summed E-state index contributed by atoms with van der Waals surface area (Å²) in [5.74, 6) is -2.23. The van der Waals surface area contributed by atoms with Crippen LogP contribution in [0.4, 0.5) is 14.5 Å². The second-order valence-electron chi connectivity index (χ2n) is 5.92. The van der Waals surface area contributed by atoms with Crippen molar-refractivity contribution in [1.82, 2.24) is 5.32 Å². The summed E-state index contributed by atoms with van der Waals surface area (Å²) in [6.07, 6.45) is 0.968. The van der Waals surface area contributed by atoms with Crippen molar-refractivity contribution in [2.75, 3.05) is 11.9 Å². The van der Waals surface area contributed by atoms with Gasteiger partial charge in [0.05, 0.1) is 18.2 Å². The highest BCUT2D eigenvalue weighted by Gasteiger charge is 2.27. The number of fused-ring (bicyclic) bond motifs is 1. The second kappa shape index (κ2) is 7.51. The fourth-order valence-electron chi connectivity index (χ4n) is 2.82. The summed E-state index contributed by atoms with van der Waals surface area (Å²) in [5, 5.41) is 5.44. The Balaban J connectivity index is 1.86. The lowest BCUT2D eigenvalue weighted by Crippen LogP contribution is -2.32. The number of amides is 2. The number of benzene rings is 2. The first-order valence-electron chi connectivity index (χ1n) is 8.31. The molecule has 0 spiro atoms. The molecule has 0 saturated heterocycles. The maximum atomic E-state index is 13.3. The molecule has 3 rings (SSSR count). The Labute approximate surface area is 149 Å². The van der Waals surface area contributed by atoms with E-state index in [-0.39, 0.29) is 23.2 Å². The number of nitrogens with one attached hydrogen (secondary N) is 2. The van der Waals surface area contributed by atoms with E-state index in [9.17, 15) is 18.4 Å². The Kier molecular flexibility index (Phi) is 5.16. The summed E-state index contributed by atoms with van der Waals surface area (Å²) in [6, 6.07) is 7.96. The van der Waals surface area contributed by atoms with E-state index in [0.29, 0.717) is 25.2 Å². The molecular formula is C19H18F2N2O3. The van der Waals surface area contributed by atoms with Crippen molar-refractivity contribution in [3.05, 3.63) is 59.2 Å². The van der Waals surface area contributed by atoms with Gasteiger partial charge in [0.25, 0.3) is 5.91 Å². The summed E-state index contributed by atoms with van der Waals surface area (Å²) < 4.78 is 32.0. The lowest BCUT2D eigenvalue weighted by atomic mass is 9.97. The fourth-order valence-corrected chi connectivity index (χ4v) is 2.82. The third-order valence-corrected chi connectivity index (χ3v) is 4.15. The third-order valence-electron chi connectivity index (χ3n) is 4.15. The van der Waals surface area contributed by atoms with E-state index >= 15 is 0 Å². The van der Waals surface area contributed by atoms with Gasteiger partial charge in [0.1, 0.15) is 5.75 Å². The molecule has 0 saturated carbocycles. The normalized spacial score (nSPS) is 15.6. The Hall–Kier alpha value is -2.96. The van der Waals surface area contributed by atoms with Gasteiger partial charge in [-0.15, -0.1) is 0 Å². The van der Waals surface area contributed by atoms with Crippen LogP contribution >= 0.6 is 0 Å². The molecule has 136 valence electrons. The van der Waals surface area contributed by atoms with Crippen LogP contribution in [0.15, 0.2) is 36.4 Å². The first kappa shape index (κ1) is 17.8. The van der Waals surface area contributed by atoms with Gasteiger partial charge in [-0.05, 0) is 18.2 Å². The quantitative estimate of drug-likeness (QED) is 0.876. The highest BCUT2D eigenvalue weighted by Crippen LogP contribution is 2.35. The van der Waals surface area contributed by atoms with Gasteiger partial charge in [-0.2, -0.15) is 0 Å². The summed E-state index contributed by atoms with van der Waals surface area (Å²) in [7, 11) is 0. The van der Waals surface area contributed by atoms with Crippen LogP contribution in [-0.4, -0.2) is 18.4 Å². The number of halogens is 2. The minimum Gasteiger partial charge on any atom is -0.492 e. The van der Waals surface area contributed by atoms with Gasteiger partial charge in [0.2, 0.25) is 5.91 Å². The Morgan fingerprint density at radius 2 is 2.00 bits per heavy atom. The number of hydrogen-bond acceptors (Lipinski definition) is 3. The topological polar surface area (TPSA) is 67.4 Å². The first-order chi connectivity index (χ1) is 12.5. The van der Waals surface area contributed by atoms with Crippen LogP contribution in [0.5, 0.6) is 5.75 Å². The molecule has 2 aromatic carbocycles. The molecule has 0 aromatic heterocycles. The van der Waals surface area contributed by atoms with E-state index in [2.05, 4.69) is 10.6 Å². The Bertz CT molecular complexity index is 855. The summed E-state index contributed by atoms with van der Waals surface area (Å²) >= 11 is 0. The Morgan fingerprint density at radius 3 is 2.73 bits per heavy atom. The molecule has 2 aromatic rings. The number of anilines is 1. The van der Waals surface area contributed by atoms with Crippen molar-refractivity contribution in [3.8, 4) is 5.75 Å². The molecule has 0 bridgehead atoms. The zero-order valence-corrected chi connectivity index (χ0v) is 14.1. The molecule has 1 atom stereocenters. The zero-order chi connectivity index (χ0) is 18.7. The van der Waals surface area contributed by atoms with Crippen molar-refractivity contribution in [2.45, 2.75) is 25.8 Å². The van der Waals surface area contributed by atoms with Crippen molar-refractivity contribution in [2.24, 2.45) is 0 Å². The minimum absolute atomic E-state index is 0.0838. The summed E-state index contributed by atoms with van der Waals surface area (Å²) in [5.41, 5.74) is 1.12. The van der Waals surface area contributed by atoms with Crippen LogP contribution < -0.4 is 15.4 Å². The maximum Gasteiger partial charge on any atom is 0.259 e. The van der Waals surface area contributed by atoms with Crippen molar-refractivity contribution >= 4 is 17.5 Å². The largest absolute Gasteiger partial charge is 0.492 e. The smallest absolute Gasteiger partial charge is 0.259 e. The molecule has 2 amide bonds. The highest BCUT2D eigenvalue weighted by molar-refractivity contribution is 6.06. The molecular weight excluding hydrogens is 342 g/mol. The summed E-state index contributed by atoms with van der Waals surface area (Å²) in [4.78, 5) is 24.3. The molecule has 2 N–H and O–H groups in total. The van der Waals surface area contributed by atoms with E-state index in [4.69, 9.17) is 4.74 Å². The zero-order valence-electron chi connectivity index (χ0n) is 14.1. The number of hydrogen-bond donors (Lipinski definition) is 2. The molecule has 5 nitrogen and oxygen atoms in total. The van der Waals surface area contributed by atoms with Crippen molar-refractivity contribution < 1.29 is 23.1 Å².